The summed E-state index contributed by atoms with van der Waals surface area (Å²) < 4.78 is 27.5. The van der Waals surface area contributed by atoms with E-state index in [9.17, 15) is 8.42 Å². The number of hydrogen-bond donors (Lipinski definition) is 1. The van der Waals surface area contributed by atoms with Crippen LogP contribution in [0.2, 0.25) is 0 Å². The summed E-state index contributed by atoms with van der Waals surface area (Å²) >= 11 is 0. The Morgan fingerprint density at radius 3 is 2.41 bits per heavy atom. The van der Waals surface area contributed by atoms with Gasteiger partial charge in [0.05, 0.1) is 11.5 Å². The summed E-state index contributed by atoms with van der Waals surface area (Å²) in [5.74, 6) is 0.988. The predicted octanol–water partition coefficient (Wildman–Crippen LogP) is 0.752. The maximum atomic E-state index is 11.0. The van der Waals surface area contributed by atoms with Crippen LogP contribution in [-0.4, -0.2) is 32.1 Å². The standard InChI is InChI=1S/C12H17NO3S/c1-9(13)6-10-2-4-11(5-3-10)16-12-7-17(14,15)8-12/h2-5,9,12H,6-8,13H2,1H3. The van der Waals surface area contributed by atoms with Gasteiger partial charge < -0.3 is 10.5 Å². The monoisotopic (exact) mass is 255 g/mol. The van der Waals surface area contributed by atoms with Gasteiger partial charge in [-0.1, -0.05) is 12.1 Å². The Hall–Kier alpha value is -1.07. The van der Waals surface area contributed by atoms with Crippen LogP contribution in [0.5, 0.6) is 5.75 Å². The number of ether oxygens (including phenoxy) is 1. The summed E-state index contributed by atoms with van der Waals surface area (Å²) in [5.41, 5.74) is 6.87. The molecule has 0 aromatic heterocycles. The first kappa shape index (κ1) is 12.4. The second kappa shape index (κ2) is 4.66. The fourth-order valence-electron chi connectivity index (χ4n) is 1.85. The highest BCUT2D eigenvalue weighted by atomic mass is 32.2. The number of sulfone groups is 1. The van der Waals surface area contributed by atoms with Crippen molar-refractivity contribution in [1.82, 2.24) is 0 Å². The lowest BCUT2D eigenvalue weighted by molar-refractivity contribution is 0.230. The van der Waals surface area contributed by atoms with Gasteiger partial charge in [0, 0.05) is 6.04 Å². The second-order valence-corrected chi connectivity index (χ2v) is 6.80. The minimum absolute atomic E-state index is 0.134. The summed E-state index contributed by atoms with van der Waals surface area (Å²) in [6.45, 7) is 1.96. The van der Waals surface area contributed by atoms with Crippen LogP contribution in [0.25, 0.3) is 0 Å². The predicted molar refractivity (Wildman–Crippen MR) is 66.9 cm³/mol. The van der Waals surface area contributed by atoms with Crippen LogP contribution in [-0.2, 0) is 16.3 Å². The molecule has 0 bridgehead atoms. The lowest BCUT2D eigenvalue weighted by Gasteiger charge is -2.26. The summed E-state index contributed by atoms with van der Waals surface area (Å²) in [4.78, 5) is 0. The highest BCUT2D eigenvalue weighted by Crippen LogP contribution is 2.20. The molecule has 1 saturated heterocycles. The molecule has 1 fully saturated rings. The van der Waals surface area contributed by atoms with Gasteiger partial charge in [-0.05, 0) is 31.0 Å². The van der Waals surface area contributed by atoms with E-state index in [2.05, 4.69) is 0 Å². The molecule has 17 heavy (non-hydrogen) atoms. The average Bonchev–Trinajstić information content (AvgIpc) is 2.17. The van der Waals surface area contributed by atoms with Crippen molar-refractivity contribution in [3.8, 4) is 5.75 Å². The molecule has 5 heteroatoms. The molecule has 0 amide bonds. The molecule has 1 aliphatic heterocycles. The normalized spacial score (nSPS) is 20.6. The third kappa shape index (κ3) is 3.44. The number of benzene rings is 1. The summed E-state index contributed by atoms with van der Waals surface area (Å²) in [5, 5.41) is 0. The van der Waals surface area contributed by atoms with Crippen molar-refractivity contribution in [2.24, 2.45) is 5.73 Å². The van der Waals surface area contributed by atoms with Crippen molar-refractivity contribution in [1.29, 1.82) is 0 Å². The van der Waals surface area contributed by atoms with Crippen molar-refractivity contribution in [3.05, 3.63) is 29.8 Å². The van der Waals surface area contributed by atoms with Gasteiger partial charge in [-0.3, -0.25) is 0 Å². The Morgan fingerprint density at radius 1 is 1.35 bits per heavy atom. The van der Waals surface area contributed by atoms with Crippen molar-refractivity contribution in [3.63, 3.8) is 0 Å². The van der Waals surface area contributed by atoms with Crippen molar-refractivity contribution < 1.29 is 13.2 Å². The first-order valence-corrected chi connectivity index (χ1v) is 7.48. The molecular weight excluding hydrogens is 238 g/mol. The first-order valence-electron chi connectivity index (χ1n) is 5.66. The lowest BCUT2D eigenvalue weighted by Crippen LogP contribution is -2.45. The van der Waals surface area contributed by atoms with Crippen LogP contribution in [0.15, 0.2) is 24.3 Å². The number of hydrogen-bond acceptors (Lipinski definition) is 4. The average molecular weight is 255 g/mol. The maximum absolute atomic E-state index is 11.0. The minimum Gasteiger partial charge on any atom is -0.488 e. The van der Waals surface area contributed by atoms with Gasteiger partial charge in [-0.2, -0.15) is 0 Å². The van der Waals surface area contributed by atoms with E-state index in [4.69, 9.17) is 10.5 Å². The van der Waals surface area contributed by atoms with E-state index >= 15 is 0 Å². The number of rotatable bonds is 4. The molecule has 2 N–H and O–H groups in total. The van der Waals surface area contributed by atoms with E-state index in [1.54, 1.807) is 0 Å². The molecule has 1 aliphatic rings. The van der Waals surface area contributed by atoms with E-state index in [-0.39, 0.29) is 23.7 Å². The summed E-state index contributed by atoms with van der Waals surface area (Å²) in [7, 11) is -2.82. The highest BCUT2D eigenvalue weighted by molar-refractivity contribution is 7.92. The van der Waals surface area contributed by atoms with Gasteiger partial charge in [0.25, 0.3) is 0 Å². The van der Waals surface area contributed by atoms with Gasteiger partial charge >= 0.3 is 0 Å². The zero-order chi connectivity index (χ0) is 12.5. The van der Waals surface area contributed by atoms with Gasteiger partial charge in [0.2, 0.25) is 0 Å². The fourth-order valence-corrected chi connectivity index (χ4v) is 3.03. The summed E-state index contributed by atoms with van der Waals surface area (Å²) in [6.07, 6.45) is 0.650. The Bertz CT molecular complexity index is 467. The van der Waals surface area contributed by atoms with E-state index in [1.807, 2.05) is 31.2 Å². The van der Waals surface area contributed by atoms with E-state index in [0.29, 0.717) is 0 Å². The molecule has 4 nitrogen and oxygen atoms in total. The third-order valence-electron chi connectivity index (χ3n) is 2.66. The Labute approximate surface area is 102 Å². The van der Waals surface area contributed by atoms with Gasteiger partial charge in [0.15, 0.2) is 9.84 Å². The molecule has 1 heterocycles. The van der Waals surface area contributed by atoms with Crippen LogP contribution in [0.4, 0.5) is 0 Å². The Morgan fingerprint density at radius 2 is 1.94 bits per heavy atom. The van der Waals surface area contributed by atoms with Crippen molar-refractivity contribution in [2.45, 2.75) is 25.5 Å². The Kier molecular flexibility index (Phi) is 3.40. The summed E-state index contributed by atoms with van der Waals surface area (Å²) in [6, 6.07) is 7.79. The van der Waals surface area contributed by atoms with Gasteiger partial charge in [0.1, 0.15) is 11.9 Å². The SMILES string of the molecule is CC(N)Cc1ccc(OC2CS(=O)(=O)C2)cc1. The van der Waals surface area contributed by atoms with Crippen molar-refractivity contribution >= 4 is 9.84 Å². The van der Waals surface area contributed by atoms with E-state index in [0.717, 1.165) is 17.7 Å². The molecule has 1 aromatic rings. The molecule has 0 saturated carbocycles. The molecule has 0 radical (unpaired) electrons. The Balaban J connectivity index is 1.90. The van der Waals surface area contributed by atoms with Crippen LogP contribution < -0.4 is 10.5 Å². The first-order chi connectivity index (χ1) is 7.94. The number of nitrogens with two attached hydrogens (primary N) is 1. The molecule has 0 spiro atoms. The van der Waals surface area contributed by atoms with Gasteiger partial charge in [-0.15, -0.1) is 0 Å². The molecule has 0 aliphatic carbocycles. The molecule has 1 atom stereocenters. The zero-order valence-corrected chi connectivity index (χ0v) is 10.6. The van der Waals surface area contributed by atoms with Gasteiger partial charge in [-0.25, -0.2) is 8.42 Å². The maximum Gasteiger partial charge on any atom is 0.157 e. The van der Waals surface area contributed by atoms with Crippen LogP contribution >= 0.6 is 0 Å². The lowest BCUT2D eigenvalue weighted by atomic mass is 10.1. The fraction of sp³-hybridized carbons (Fsp3) is 0.500. The van der Waals surface area contributed by atoms with Crippen LogP contribution in [0, 0.1) is 0 Å². The molecular formula is C12H17NO3S. The molecule has 94 valence electrons. The smallest absolute Gasteiger partial charge is 0.157 e. The zero-order valence-electron chi connectivity index (χ0n) is 9.80. The third-order valence-corrected chi connectivity index (χ3v) is 4.42. The van der Waals surface area contributed by atoms with E-state index < -0.39 is 9.84 Å². The van der Waals surface area contributed by atoms with Crippen LogP contribution in [0.3, 0.4) is 0 Å². The van der Waals surface area contributed by atoms with Crippen molar-refractivity contribution in [2.75, 3.05) is 11.5 Å². The highest BCUT2D eigenvalue weighted by Gasteiger charge is 2.35. The molecule has 2 rings (SSSR count). The topological polar surface area (TPSA) is 69.4 Å². The van der Waals surface area contributed by atoms with E-state index in [1.165, 1.54) is 0 Å². The quantitative estimate of drug-likeness (QED) is 0.862. The van der Waals surface area contributed by atoms with Crippen LogP contribution in [0.1, 0.15) is 12.5 Å². The minimum atomic E-state index is -2.82. The largest absolute Gasteiger partial charge is 0.488 e. The second-order valence-electron chi connectivity index (χ2n) is 4.64. The molecule has 1 aromatic carbocycles. The molecule has 1 unspecified atom stereocenters.